The Morgan fingerprint density at radius 2 is 1.58 bits per heavy atom. The third-order valence-corrected chi connectivity index (χ3v) is 5.43. The molecule has 0 spiro atoms. The summed E-state index contributed by atoms with van der Waals surface area (Å²) in [5, 5.41) is 0. The van der Waals surface area contributed by atoms with Crippen molar-refractivity contribution in [3.8, 4) is 0 Å². The molecule has 0 saturated heterocycles. The van der Waals surface area contributed by atoms with E-state index < -0.39 is 22.3 Å². The van der Waals surface area contributed by atoms with Crippen LogP contribution in [-0.2, 0) is 30.3 Å². The van der Waals surface area contributed by atoms with Gasteiger partial charge in [-0.3, -0.25) is 8.98 Å². The smallest absolute Gasteiger partial charge is 0.306 e. The molecule has 2 rings (SSSR count). The van der Waals surface area contributed by atoms with E-state index in [0.717, 1.165) is 11.1 Å². The van der Waals surface area contributed by atoms with Crippen LogP contribution in [-0.4, -0.2) is 26.6 Å². The minimum Gasteiger partial charge on any atom is -0.460 e. The Balaban J connectivity index is 1.87. The molecule has 2 aromatic carbocycles. The number of esters is 1. The van der Waals surface area contributed by atoms with Gasteiger partial charge in [0.05, 0.1) is 4.90 Å². The van der Waals surface area contributed by atoms with Crippen LogP contribution in [0.25, 0.3) is 0 Å². The van der Waals surface area contributed by atoms with Crippen LogP contribution in [0.3, 0.4) is 0 Å². The molecule has 0 N–H and O–H groups in total. The lowest BCUT2D eigenvalue weighted by atomic mass is 10.1. The van der Waals surface area contributed by atoms with E-state index in [1.54, 1.807) is 26.0 Å². The van der Waals surface area contributed by atoms with E-state index in [0.29, 0.717) is 6.42 Å². The third-order valence-electron chi connectivity index (χ3n) is 4.03. The molecule has 0 aliphatic carbocycles. The molecule has 0 aliphatic rings. The lowest BCUT2D eigenvalue weighted by Gasteiger charge is -2.20. The van der Waals surface area contributed by atoms with E-state index >= 15 is 0 Å². The first-order valence-electron chi connectivity index (χ1n) is 8.51. The van der Waals surface area contributed by atoms with E-state index in [-0.39, 0.29) is 17.3 Å². The summed E-state index contributed by atoms with van der Waals surface area (Å²) in [6.07, 6.45) is -0.671. The van der Waals surface area contributed by atoms with Gasteiger partial charge >= 0.3 is 5.97 Å². The highest BCUT2D eigenvalue weighted by molar-refractivity contribution is 7.86. The molecule has 5 nitrogen and oxygen atoms in total. The molecule has 0 radical (unpaired) electrons. The molecule has 0 saturated carbocycles. The third kappa shape index (κ3) is 5.97. The number of hydrogen-bond donors (Lipinski definition) is 0. The van der Waals surface area contributed by atoms with Gasteiger partial charge in [0.15, 0.2) is 0 Å². The molecule has 2 atom stereocenters. The minimum absolute atomic E-state index is 0.0811. The van der Waals surface area contributed by atoms with Crippen molar-refractivity contribution >= 4 is 16.1 Å². The summed E-state index contributed by atoms with van der Waals surface area (Å²) in [6, 6.07) is 16.0. The molecule has 0 fully saturated rings. The molecular weight excluding hydrogens is 352 g/mol. The molecule has 0 aliphatic heterocycles. The zero-order valence-corrected chi connectivity index (χ0v) is 16.0. The maximum Gasteiger partial charge on any atom is 0.306 e. The summed E-state index contributed by atoms with van der Waals surface area (Å²) < 4.78 is 35.1. The second kappa shape index (κ2) is 8.96. The molecule has 0 unspecified atom stereocenters. The number of hydrogen-bond acceptors (Lipinski definition) is 5. The predicted molar refractivity (Wildman–Crippen MR) is 99.2 cm³/mol. The summed E-state index contributed by atoms with van der Waals surface area (Å²) in [4.78, 5) is 12.1. The Kier molecular flexibility index (Phi) is 6.94. The first-order chi connectivity index (χ1) is 12.3. The van der Waals surface area contributed by atoms with Crippen LogP contribution >= 0.6 is 0 Å². The highest BCUT2D eigenvalue weighted by atomic mass is 32.2. The molecule has 2 aromatic rings. The van der Waals surface area contributed by atoms with Gasteiger partial charge in [0.2, 0.25) is 0 Å². The fourth-order valence-electron chi connectivity index (χ4n) is 2.29. The number of aryl methyl sites for hydroxylation is 2. The van der Waals surface area contributed by atoms with Crippen molar-refractivity contribution in [2.24, 2.45) is 0 Å². The molecule has 140 valence electrons. The van der Waals surface area contributed by atoms with Crippen molar-refractivity contribution in [2.75, 3.05) is 0 Å². The first-order valence-corrected chi connectivity index (χ1v) is 9.92. The molecule has 0 aromatic heterocycles. The molecule has 6 heteroatoms. The van der Waals surface area contributed by atoms with Crippen molar-refractivity contribution in [3.63, 3.8) is 0 Å². The van der Waals surface area contributed by atoms with Crippen LogP contribution in [0.15, 0.2) is 59.5 Å². The Hall–Kier alpha value is -2.18. The average Bonchev–Trinajstić information content (AvgIpc) is 2.61. The highest BCUT2D eigenvalue weighted by Crippen LogP contribution is 2.17. The summed E-state index contributed by atoms with van der Waals surface area (Å²) >= 11 is 0. The number of ether oxygens (including phenoxy) is 1. The highest BCUT2D eigenvalue weighted by Gasteiger charge is 2.25. The Morgan fingerprint density at radius 1 is 0.962 bits per heavy atom. The molecule has 0 bridgehead atoms. The normalized spacial score (nSPS) is 13.8. The van der Waals surface area contributed by atoms with Gasteiger partial charge < -0.3 is 4.74 Å². The minimum atomic E-state index is -3.90. The van der Waals surface area contributed by atoms with Gasteiger partial charge in [0.1, 0.15) is 12.2 Å². The van der Waals surface area contributed by atoms with E-state index in [1.807, 2.05) is 37.3 Å². The van der Waals surface area contributed by atoms with Gasteiger partial charge in [-0.1, -0.05) is 48.0 Å². The summed E-state index contributed by atoms with van der Waals surface area (Å²) in [7, 11) is -3.90. The number of rotatable bonds is 8. The van der Waals surface area contributed by atoms with Crippen molar-refractivity contribution in [1.29, 1.82) is 0 Å². The van der Waals surface area contributed by atoms with Crippen LogP contribution in [0.2, 0.25) is 0 Å². The largest absolute Gasteiger partial charge is 0.460 e. The van der Waals surface area contributed by atoms with Crippen LogP contribution in [0.5, 0.6) is 0 Å². The fourth-order valence-corrected chi connectivity index (χ4v) is 3.43. The number of carbonyl (C=O) groups is 1. The fraction of sp³-hybridized carbons (Fsp3) is 0.350. The van der Waals surface area contributed by atoms with Crippen LogP contribution in [0.4, 0.5) is 0 Å². The standard InChI is InChI=1S/C20H24O5S/c1-15-9-12-19(13-10-15)26(22,23)25-17(3)16(2)24-20(21)14-11-18-7-5-4-6-8-18/h4-10,12-13,16-17H,11,14H2,1-3H3/t16-,17+/m1/s1. The number of benzene rings is 2. The van der Waals surface area contributed by atoms with Gasteiger partial charge in [-0.25, -0.2) is 0 Å². The molecule has 26 heavy (non-hydrogen) atoms. The van der Waals surface area contributed by atoms with Crippen molar-refractivity contribution in [2.45, 2.75) is 50.7 Å². The lowest BCUT2D eigenvalue weighted by Crippen LogP contribution is -2.30. The summed E-state index contributed by atoms with van der Waals surface area (Å²) in [5.74, 6) is -0.385. The van der Waals surface area contributed by atoms with E-state index in [2.05, 4.69) is 0 Å². The zero-order chi connectivity index (χ0) is 19.2. The van der Waals surface area contributed by atoms with Crippen LogP contribution < -0.4 is 0 Å². The van der Waals surface area contributed by atoms with Crippen LogP contribution in [0.1, 0.15) is 31.4 Å². The van der Waals surface area contributed by atoms with E-state index in [1.165, 1.54) is 12.1 Å². The predicted octanol–water partition coefficient (Wildman–Crippen LogP) is 3.65. The SMILES string of the molecule is Cc1ccc(S(=O)(=O)O[C@@H](C)[C@@H](C)OC(=O)CCc2ccccc2)cc1. The van der Waals surface area contributed by atoms with Crippen molar-refractivity contribution in [1.82, 2.24) is 0 Å². The zero-order valence-electron chi connectivity index (χ0n) is 15.2. The second-order valence-corrected chi connectivity index (χ2v) is 7.82. The molecule has 0 amide bonds. The monoisotopic (exact) mass is 376 g/mol. The molecular formula is C20H24O5S. The van der Waals surface area contributed by atoms with E-state index in [4.69, 9.17) is 8.92 Å². The average molecular weight is 376 g/mol. The molecule has 0 heterocycles. The summed E-state index contributed by atoms with van der Waals surface area (Å²) in [6.45, 7) is 5.06. The maximum atomic E-state index is 12.3. The first kappa shape index (κ1) is 20.1. The summed E-state index contributed by atoms with van der Waals surface area (Å²) in [5.41, 5.74) is 2.00. The topological polar surface area (TPSA) is 69.7 Å². The Bertz CT molecular complexity index is 813. The Labute approximate surface area is 155 Å². The van der Waals surface area contributed by atoms with Gasteiger partial charge in [-0.05, 0) is 44.9 Å². The Morgan fingerprint density at radius 3 is 2.19 bits per heavy atom. The van der Waals surface area contributed by atoms with Gasteiger partial charge in [-0.15, -0.1) is 0 Å². The van der Waals surface area contributed by atoms with Crippen LogP contribution in [0, 0.1) is 6.92 Å². The van der Waals surface area contributed by atoms with Crippen molar-refractivity contribution < 1.29 is 22.1 Å². The van der Waals surface area contributed by atoms with E-state index in [9.17, 15) is 13.2 Å². The quantitative estimate of drug-likeness (QED) is 0.519. The van der Waals surface area contributed by atoms with Gasteiger partial charge in [-0.2, -0.15) is 8.42 Å². The van der Waals surface area contributed by atoms with Crippen molar-refractivity contribution in [3.05, 3.63) is 65.7 Å². The number of carbonyl (C=O) groups excluding carboxylic acids is 1. The lowest BCUT2D eigenvalue weighted by molar-refractivity contribution is -0.152. The second-order valence-electron chi connectivity index (χ2n) is 6.25. The maximum absolute atomic E-state index is 12.3. The van der Waals surface area contributed by atoms with Gasteiger partial charge in [0, 0.05) is 6.42 Å². The van der Waals surface area contributed by atoms with Gasteiger partial charge in [0.25, 0.3) is 10.1 Å².